The summed E-state index contributed by atoms with van der Waals surface area (Å²) >= 11 is 1.51. The summed E-state index contributed by atoms with van der Waals surface area (Å²) < 4.78 is 5.72. The number of benzene rings is 2. The Morgan fingerprint density at radius 3 is 2.33 bits per heavy atom. The first-order chi connectivity index (χ1) is 11.6. The second kappa shape index (κ2) is 7.05. The van der Waals surface area contributed by atoms with Crippen LogP contribution < -0.4 is 15.4 Å². The third-order valence-corrected chi connectivity index (χ3v) is 4.93. The molecule has 0 atom stereocenters. The zero-order valence-corrected chi connectivity index (χ0v) is 14.2. The fraction of sp³-hybridized carbons (Fsp3) is 0.278. The molecule has 0 amide bonds. The molecule has 0 fully saturated rings. The molecule has 0 spiro atoms. The highest BCUT2D eigenvalue weighted by Crippen LogP contribution is 2.41. The Balaban J connectivity index is 1.58. The number of ether oxygens (including phenoxy) is 1. The van der Waals surface area contributed by atoms with Crippen molar-refractivity contribution in [3.63, 3.8) is 0 Å². The van der Waals surface area contributed by atoms with E-state index in [-0.39, 0.29) is 6.42 Å². The third-order valence-electron chi connectivity index (χ3n) is 3.72. The van der Waals surface area contributed by atoms with Crippen molar-refractivity contribution in [1.29, 1.82) is 0 Å². The largest absolute Gasteiger partial charge is 0.493 e. The fourth-order valence-electron chi connectivity index (χ4n) is 2.60. The summed E-state index contributed by atoms with van der Waals surface area (Å²) in [6.45, 7) is 2.54. The summed E-state index contributed by atoms with van der Waals surface area (Å²) in [7, 11) is 0. The van der Waals surface area contributed by atoms with Crippen molar-refractivity contribution in [2.75, 3.05) is 23.0 Å². The van der Waals surface area contributed by atoms with Gasteiger partial charge in [0.1, 0.15) is 5.75 Å². The number of nitrogens with one attached hydrogen (secondary N) is 2. The first-order valence-corrected chi connectivity index (χ1v) is 8.75. The van der Waals surface area contributed by atoms with E-state index < -0.39 is 11.0 Å². The van der Waals surface area contributed by atoms with E-state index in [1.807, 2.05) is 55.5 Å². The van der Waals surface area contributed by atoms with Gasteiger partial charge >= 0.3 is 5.97 Å². The van der Waals surface area contributed by atoms with Gasteiger partial charge < -0.3 is 20.5 Å². The zero-order valence-electron chi connectivity index (χ0n) is 13.4. The average molecular weight is 344 g/mol. The third kappa shape index (κ3) is 3.94. The van der Waals surface area contributed by atoms with Crippen LogP contribution in [0, 0.1) is 6.92 Å². The Bertz CT molecular complexity index is 693. The van der Waals surface area contributed by atoms with E-state index in [2.05, 4.69) is 10.6 Å². The van der Waals surface area contributed by atoms with Crippen molar-refractivity contribution in [3.05, 3.63) is 54.1 Å². The molecular formula is C18H20N2O3S. The predicted octanol–water partition coefficient (Wildman–Crippen LogP) is 3.77. The lowest BCUT2D eigenvalue weighted by molar-refractivity contribution is -0.137. The first-order valence-electron chi connectivity index (χ1n) is 7.77. The van der Waals surface area contributed by atoms with Crippen LogP contribution in [0.25, 0.3) is 0 Å². The lowest BCUT2D eigenvalue weighted by Gasteiger charge is -2.28. The summed E-state index contributed by atoms with van der Waals surface area (Å²) in [5, 5.41) is 15.9. The van der Waals surface area contributed by atoms with Crippen LogP contribution in [0.1, 0.15) is 12.0 Å². The molecule has 1 aliphatic heterocycles. The van der Waals surface area contributed by atoms with Gasteiger partial charge in [-0.25, -0.2) is 0 Å². The maximum absolute atomic E-state index is 11.3. The molecule has 126 valence electrons. The highest BCUT2D eigenvalue weighted by atomic mass is 32.2. The van der Waals surface area contributed by atoms with Crippen molar-refractivity contribution in [1.82, 2.24) is 0 Å². The number of fused-ring (bicyclic) bond motifs is 1. The number of para-hydroxylation sites is 2. The Kier molecular flexibility index (Phi) is 4.85. The summed E-state index contributed by atoms with van der Waals surface area (Å²) in [4.78, 5) is 10.5. The van der Waals surface area contributed by atoms with Crippen LogP contribution in [-0.4, -0.2) is 28.4 Å². The van der Waals surface area contributed by atoms with Crippen LogP contribution in [0.2, 0.25) is 0 Å². The molecule has 0 aliphatic carbocycles. The van der Waals surface area contributed by atoms with E-state index in [4.69, 9.17) is 4.74 Å². The molecule has 0 saturated heterocycles. The lowest BCUT2D eigenvalue weighted by atomic mass is 10.2. The predicted molar refractivity (Wildman–Crippen MR) is 97.8 cm³/mol. The van der Waals surface area contributed by atoms with Crippen LogP contribution >= 0.6 is 11.8 Å². The Morgan fingerprint density at radius 2 is 1.75 bits per heavy atom. The quantitative estimate of drug-likeness (QED) is 0.664. The highest BCUT2D eigenvalue weighted by Gasteiger charge is 2.38. The summed E-state index contributed by atoms with van der Waals surface area (Å²) in [5.41, 5.74) is 3.03. The normalized spacial score (nSPS) is 14.4. The minimum absolute atomic E-state index is 0.0309. The Morgan fingerprint density at radius 1 is 1.12 bits per heavy atom. The molecule has 3 N–H and O–H groups in total. The Hall–Kier alpha value is -2.34. The van der Waals surface area contributed by atoms with Gasteiger partial charge in [-0.2, -0.15) is 0 Å². The highest BCUT2D eigenvalue weighted by molar-refractivity contribution is 8.00. The number of anilines is 2. The van der Waals surface area contributed by atoms with Gasteiger partial charge in [-0.05, 0) is 31.2 Å². The Labute approximate surface area is 145 Å². The van der Waals surface area contributed by atoms with E-state index in [1.165, 1.54) is 17.3 Å². The molecule has 24 heavy (non-hydrogen) atoms. The van der Waals surface area contributed by atoms with E-state index in [0.29, 0.717) is 12.4 Å². The van der Waals surface area contributed by atoms with Crippen molar-refractivity contribution in [2.45, 2.75) is 18.3 Å². The van der Waals surface area contributed by atoms with E-state index in [9.17, 15) is 9.90 Å². The summed E-state index contributed by atoms with van der Waals surface area (Å²) in [6, 6.07) is 15.6. The van der Waals surface area contributed by atoms with Crippen molar-refractivity contribution in [3.8, 4) is 5.75 Å². The molecule has 2 aromatic rings. The standard InChI is InChI=1S/C18H20N2O3S/c1-13-6-8-14(9-7-13)23-10-11-24-18(12-17(21)22)19-15-4-2-3-5-16(15)20-18/h2-9,19-20H,10-12H2,1H3,(H,21,22). The SMILES string of the molecule is Cc1ccc(OCCSC2(CC(=O)O)Nc3ccccc3N2)cc1. The molecule has 0 aromatic heterocycles. The molecule has 3 rings (SSSR count). The van der Waals surface area contributed by atoms with Crippen molar-refractivity contribution in [2.24, 2.45) is 0 Å². The van der Waals surface area contributed by atoms with Crippen LogP contribution in [-0.2, 0) is 4.79 Å². The number of aliphatic carboxylic acids is 1. The van der Waals surface area contributed by atoms with Gasteiger partial charge in [0.25, 0.3) is 0 Å². The lowest BCUT2D eigenvalue weighted by Crippen LogP contribution is -2.41. The molecular weight excluding hydrogens is 324 g/mol. The second-order valence-electron chi connectivity index (χ2n) is 5.70. The number of carboxylic acids is 1. The summed E-state index contributed by atoms with van der Waals surface area (Å²) in [5.74, 6) is 0.633. The molecule has 0 bridgehead atoms. The molecule has 1 heterocycles. The molecule has 0 radical (unpaired) electrons. The second-order valence-corrected chi connectivity index (χ2v) is 7.10. The molecule has 2 aromatic carbocycles. The smallest absolute Gasteiger partial charge is 0.308 e. The van der Waals surface area contributed by atoms with Gasteiger partial charge in [-0.15, -0.1) is 11.8 Å². The van der Waals surface area contributed by atoms with E-state index in [1.54, 1.807) is 0 Å². The van der Waals surface area contributed by atoms with Crippen LogP contribution in [0.15, 0.2) is 48.5 Å². The number of hydrogen-bond acceptors (Lipinski definition) is 5. The van der Waals surface area contributed by atoms with Crippen LogP contribution in [0.5, 0.6) is 5.75 Å². The van der Waals surface area contributed by atoms with Gasteiger partial charge in [0.15, 0.2) is 4.99 Å². The monoisotopic (exact) mass is 344 g/mol. The van der Waals surface area contributed by atoms with Gasteiger partial charge in [0, 0.05) is 5.75 Å². The minimum atomic E-state index is -0.852. The van der Waals surface area contributed by atoms with Crippen LogP contribution in [0.3, 0.4) is 0 Å². The number of rotatable bonds is 7. The van der Waals surface area contributed by atoms with Gasteiger partial charge in [0.05, 0.1) is 24.4 Å². The maximum atomic E-state index is 11.3. The van der Waals surface area contributed by atoms with Gasteiger partial charge in [-0.3, -0.25) is 4.79 Å². The first kappa shape index (κ1) is 16.5. The number of aryl methyl sites for hydroxylation is 1. The molecule has 6 heteroatoms. The topological polar surface area (TPSA) is 70.6 Å². The average Bonchev–Trinajstić information content (AvgIpc) is 2.90. The summed E-state index contributed by atoms with van der Waals surface area (Å²) in [6.07, 6.45) is -0.0309. The van der Waals surface area contributed by atoms with E-state index >= 15 is 0 Å². The minimum Gasteiger partial charge on any atom is -0.493 e. The number of carboxylic acid groups (broad SMARTS) is 1. The number of thioether (sulfide) groups is 1. The van der Waals surface area contributed by atoms with Gasteiger partial charge in [-0.1, -0.05) is 29.8 Å². The molecule has 1 aliphatic rings. The molecule has 0 unspecified atom stereocenters. The molecule has 5 nitrogen and oxygen atoms in total. The van der Waals surface area contributed by atoms with Crippen molar-refractivity contribution >= 4 is 29.1 Å². The van der Waals surface area contributed by atoms with E-state index in [0.717, 1.165) is 17.1 Å². The van der Waals surface area contributed by atoms with Gasteiger partial charge in [0.2, 0.25) is 0 Å². The van der Waals surface area contributed by atoms with Crippen molar-refractivity contribution < 1.29 is 14.6 Å². The number of carbonyl (C=O) groups is 1. The number of hydrogen-bond donors (Lipinski definition) is 3. The zero-order chi connectivity index (χ0) is 17.0. The van der Waals surface area contributed by atoms with Crippen LogP contribution in [0.4, 0.5) is 11.4 Å². The molecule has 0 saturated carbocycles. The fourth-order valence-corrected chi connectivity index (χ4v) is 3.71. The maximum Gasteiger partial charge on any atom is 0.308 e.